The summed E-state index contributed by atoms with van der Waals surface area (Å²) in [7, 11) is 0. The van der Waals surface area contributed by atoms with E-state index in [1.165, 1.54) is 0 Å². The van der Waals surface area contributed by atoms with Crippen LogP contribution in [0.15, 0.2) is 5.28 Å². The van der Waals surface area contributed by atoms with E-state index in [1.54, 1.807) is 6.11 Å². The number of hydrogen-bond acceptors (Lipinski definition) is 2. The van der Waals surface area contributed by atoms with Gasteiger partial charge in [0, 0.05) is 4.91 Å². The summed E-state index contributed by atoms with van der Waals surface area (Å²) >= 11 is 0. The molecule has 0 atom stereocenters. The van der Waals surface area contributed by atoms with E-state index in [4.69, 9.17) is 5.53 Å². The monoisotopic (exact) mass is 83.0 g/mol. The van der Waals surface area contributed by atoms with Crippen molar-refractivity contribution in [3.63, 3.8) is 0 Å². The molecule has 0 aromatic carbocycles. The van der Waals surface area contributed by atoms with E-state index in [0.29, 0.717) is 0 Å². The highest BCUT2D eigenvalue weighted by atomic mass is 16.6. The summed E-state index contributed by atoms with van der Waals surface area (Å²) in [6.45, 7) is 0. The van der Waals surface area contributed by atoms with Crippen molar-refractivity contribution in [2.45, 2.75) is 0 Å². The quantitative estimate of drug-likeness (QED) is 0.152. The SMILES string of the molecule is C#CON=[N+]=[N-]. The second kappa shape index (κ2) is 3.67. The topological polar surface area (TPSA) is 58.0 Å². The van der Waals surface area contributed by atoms with Gasteiger partial charge in [0.1, 0.15) is 11.4 Å². The van der Waals surface area contributed by atoms with Crippen LogP contribution in [0.25, 0.3) is 10.4 Å². The highest BCUT2D eigenvalue weighted by molar-refractivity contribution is 4.66. The van der Waals surface area contributed by atoms with Crippen molar-refractivity contribution in [2.75, 3.05) is 0 Å². The average molecular weight is 83.0 g/mol. The van der Waals surface area contributed by atoms with Crippen LogP contribution in [0.3, 0.4) is 0 Å². The fourth-order valence-corrected chi connectivity index (χ4v) is 0.0418. The van der Waals surface area contributed by atoms with E-state index in [9.17, 15) is 0 Å². The molecule has 6 heavy (non-hydrogen) atoms. The number of rotatable bonds is 1. The van der Waals surface area contributed by atoms with Gasteiger partial charge in [-0.3, -0.25) is 0 Å². The van der Waals surface area contributed by atoms with Gasteiger partial charge < -0.3 is 4.84 Å². The molecule has 0 unspecified atom stereocenters. The van der Waals surface area contributed by atoms with Gasteiger partial charge in [-0.05, 0) is 5.53 Å². The van der Waals surface area contributed by atoms with Crippen LogP contribution >= 0.6 is 0 Å². The Bertz CT molecular complexity index is 106. The minimum absolute atomic E-state index is 1.65. The third-order valence-corrected chi connectivity index (χ3v) is 0.130. The van der Waals surface area contributed by atoms with Gasteiger partial charge >= 0.3 is 0 Å². The number of nitrogens with zero attached hydrogens (tertiary/aromatic N) is 3. The third-order valence-electron chi connectivity index (χ3n) is 0.130. The van der Waals surface area contributed by atoms with E-state index < -0.39 is 0 Å². The first-order valence-corrected chi connectivity index (χ1v) is 1.08. The first-order valence-electron chi connectivity index (χ1n) is 1.08. The summed E-state index contributed by atoms with van der Waals surface area (Å²) in [4.78, 5) is 5.90. The molecule has 0 heterocycles. The normalized spacial score (nSPS) is 4.50. The highest BCUT2D eigenvalue weighted by Crippen LogP contribution is 1.66. The Morgan fingerprint density at radius 1 is 2.00 bits per heavy atom. The lowest BCUT2D eigenvalue weighted by molar-refractivity contribution is 0.291. The Hall–Kier alpha value is -1.33. The molecule has 0 radical (unpaired) electrons. The summed E-state index contributed by atoms with van der Waals surface area (Å²) in [5.41, 5.74) is 7.44. The van der Waals surface area contributed by atoms with Crippen molar-refractivity contribution >= 4 is 0 Å². The molecule has 0 rings (SSSR count). The van der Waals surface area contributed by atoms with Crippen molar-refractivity contribution in [1.82, 2.24) is 0 Å². The second-order valence-electron chi connectivity index (χ2n) is 0.380. The van der Waals surface area contributed by atoms with E-state index in [2.05, 4.69) is 21.5 Å². The molecule has 0 aliphatic rings. The Morgan fingerprint density at radius 3 is 2.83 bits per heavy atom. The fourth-order valence-electron chi connectivity index (χ4n) is 0.0418. The lowest BCUT2D eigenvalue weighted by atomic mass is 11.3. The van der Waals surface area contributed by atoms with E-state index in [-0.39, 0.29) is 0 Å². The summed E-state index contributed by atoms with van der Waals surface area (Å²) < 4.78 is 0. The van der Waals surface area contributed by atoms with Crippen molar-refractivity contribution in [3.05, 3.63) is 10.4 Å². The zero-order valence-corrected chi connectivity index (χ0v) is 2.83. The minimum atomic E-state index is 1.65. The van der Waals surface area contributed by atoms with E-state index in [0.717, 1.165) is 0 Å². The number of hydrogen-bond donors (Lipinski definition) is 0. The zero-order valence-electron chi connectivity index (χ0n) is 2.83. The van der Waals surface area contributed by atoms with Crippen LogP contribution in [0.2, 0.25) is 0 Å². The van der Waals surface area contributed by atoms with Gasteiger partial charge in [0.25, 0.3) is 0 Å². The molecule has 4 heteroatoms. The maximum absolute atomic E-state index is 7.44. The summed E-state index contributed by atoms with van der Waals surface area (Å²) in [5, 5.41) is 2.53. The molecule has 0 saturated carbocycles. The maximum Gasteiger partial charge on any atom is 0.126 e. The Labute approximate surface area is 34.3 Å². The molecular weight excluding hydrogens is 82.0 g/mol. The molecule has 0 aliphatic carbocycles. The van der Waals surface area contributed by atoms with Crippen LogP contribution in [0.1, 0.15) is 0 Å². The molecule has 0 saturated heterocycles. The molecule has 30 valence electrons. The predicted molar refractivity (Wildman–Crippen MR) is 19.1 cm³/mol. The van der Waals surface area contributed by atoms with Crippen LogP contribution in [-0.4, -0.2) is 0 Å². The first kappa shape index (κ1) is 4.67. The van der Waals surface area contributed by atoms with Crippen LogP contribution in [0.5, 0.6) is 0 Å². The average Bonchev–Trinajstić information content (AvgIpc) is 1.61. The smallest absolute Gasteiger partial charge is 0.126 e. The van der Waals surface area contributed by atoms with E-state index >= 15 is 0 Å². The lowest BCUT2D eigenvalue weighted by Crippen LogP contribution is -1.54. The molecule has 0 aliphatic heterocycles. The lowest BCUT2D eigenvalue weighted by Gasteiger charge is -1.67. The molecule has 0 N–H and O–H groups in total. The largest absolute Gasteiger partial charge is 0.340 e. The van der Waals surface area contributed by atoms with Gasteiger partial charge in [0.2, 0.25) is 0 Å². The molecule has 0 fully saturated rings. The molecule has 0 aromatic heterocycles. The molecule has 0 bridgehead atoms. The Kier molecular flexibility index (Phi) is 2.86. The Morgan fingerprint density at radius 2 is 2.67 bits per heavy atom. The standard InChI is InChI=1S/C2HN3O/c1-2-6-5-4-3/h1H. The first-order chi connectivity index (χ1) is 2.91. The van der Waals surface area contributed by atoms with Gasteiger partial charge in [-0.25, -0.2) is 0 Å². The number of terminal acetylenes is 1. The van der Waals surface area contributed by atoms with Gasteiger partial charge in [0.15, 0.2) is 0 Å². The van der Waals surface area contributed by atoms with Gasteiger partial charge in [-0.1, -0.05) is 6.42 Å². The predicted octanol–water partition coefficient (Wildman–Crippen LogP) is 0.819. The highest BCUT2D eigenvalue weighted by Gasteiger charge is 1.53. The molecule has 0 spiro atoms. The fraction of sp³-hybridized carbons (Fsp3) is 0. The van der Waals surface area contributed by atoms with Crippen LogP contribution in [0, 0.1) is 12.5 Å². The number of azide groups is 1. The Balaban J connectivity index is 3.16. The van der Waals surface area contributed by atoms with Crippen LogP contribution in [0.4, 0.5) is 0 Å². The summed E-state index contributed by atoms with van der Waals surface area (Å²) in [5.74, 6) is 0. The van der Waals surface area contributed by atoms with Gasteiger partial charge in [-0.2, -0.15) is 0 Å². The van der Waals surface area contributed by atoms with Crippen molar-refractivity contribution < 1.29 is 4.84 Å². The molecule has 4 nitrogen and oxygen atoms in total. The third kappa shape index (κ3) is 2.67. The molecular formula is C2HN3O. The summed E-state index contributed by atoms with van der Waals surface area (Å²) in [6.07, 6.45) is 6.13. The molecule has 0 aromatic rings. The van der Waals surface area contributed by atoms with Gasteiger partial charge in [-0.15, -0.1) is 0 Å². The van der Waals surface area contributed by atoms with Gasteiger partial charge in [0.05, 0.1) is 0 Å². The minimum Gasteiger partial charge on any atom is -0.340 e. The van der Waals surface area contributed by atoms with Crippen LogP contribution in [-0.2, 0) is 4.84 Å². The zero-order chi connectivity index (χ0) is 4.83. The van der Waals surface area contributed by atoms with Crippen molar-refractivity contribution in [3.8, 4) is 12.5 Å². The van der Waals surface area contributed by atoms with E-state index in [1.807, 2.05) is 0 Å². The van der Waals surface area contributed by atoms with Crippen molar-refractivity contribution in [1.29, 1.82) is 0 Å². The van der Waals surface area contributed by atoms with Crippen LogP contribution < -0.4 is 0 Å². The maximum atomic E-state index is 7.44. The second-order valence-corrected chi connectivity index (χ2v) is 0.380. The van der Waals surface area contributed by atoms with Crippen molar-refractivity contribution in [2.24, 2.45) is 5.28 Å². The molecule has 0 amide bonds. The summed E-state index contributed by atoms with van der Waals surface area (Å²) in [6, 6.07) is 0.